The zero-order valence-electron chi connectivity index (χ0n) is 17.9. The molecule has 1 aromatic heterocycles. The molecule has 5 rings (SSSR count). The second-order valence-electron chi connectivity index (χ2n) is 8.41. The third-order valence-electron chi connectivity index (χ3n) is 6.40. The fraction of sp³-hybridized carbons (Fsp3) is 0.320. The fourth-order valence-electron chi connectivity index (χ4n) is 4.74. The van der Waals surface area contributed by atoms with E-state index in [4.69, 9.17) is 6.57 Å². The summed E-state index contributed by atoms with van der Waals surface area (Å²) in [6.45, 7) is 10.5. The molecule has 1 saturated heterocycles. The van der Waals surface area contributed by atoms with E-state index < -0.39 is 6.10 Å². The average Bonchev–Trinajstić information content (AvgIpc) is 2.84. The van der Waals surface area contributed by atoms with E-state index >= 15 is 0 Å². The highest BCUT2D eigenvalue weighted by molar-refractivity contribution is 5.64. The van der Waals surface area contributed by atoms with Gasteiger partial charge < -0.3 is 15.3 Å². The number of β-amino-alcohol motifs (C(OH)–C–C–N with tert-alkyl or cyclic N) is 1. The molecule has 2 atom stereocenters. The van der Waals surface area contributed by atoms with Crippen LogP contribution in [0.2, 0.25) is 0 Å². The van der Waals surface area contributed by atoms with Crippen LogP contribution in [0, 0.1) is 6.57 Å². The number of hydrogen-bond donors (Lipinski definition) is 2. The first kappa shape index (κ1) is 20.4. The van der Waals surface area contributed by atoms with Gasteiger partial charge in [0.1, 0.15) is 18.0 Å². The van der Waals surface area contributed by atoms with Crippen LogP contribution < -0.4 is 10.2 Å². The SMILES string of the molecule is [C-]#[N+]c1cccc(Nc2cc(N3CCC(N4CCc5ccccc5C4)[C@@H](O)C3)ncn2)c1. The van der Waals surface area contributed by atoms with Gasteiger partial charge in [0.05, 0.1) is 12.7 Å². The molecular weight excluding hydrogens is 400 g/mol. The summed E-state index contributed by atoms with van der Waals surface area (Å²) in [6.07, 6.45) is 3.04. The maximum Gasteiger partial charge on any atom is 0.189 e. The number of hydrogen-bond acceptors (Lipinski definition) is 6. The molecule has 1 fully saturated rings. The molecule has 3 heterocycles. The maximum absolute atomic E-state index is 11.0. The summed E-state index contributed by atoms with van der Waals surface area (Å²) in [4.78, 5) is 16.8. The smallest absolute Gasteiger partial charge is 0.189 e. The molecule has 2 N–H and O–H groups in total. The van der Waals surface area contributed by atoms with Crippen molar-refractivity contribution in [2.24, 2.45) is 0 Å². The predicted molar refractivity (Wildman–Crippen MR) is 125 cm³/mol. The summed E-state index contributed by atoms with van der Waals surface area (Å²) in [6, 6.07) is 18.0. The summed E-state index contributed by atoms with van der Waals surface area (Å²) < 4.78 is 0. The van der Waals surface area contributed by atoms with Gasteiger partial charge >= 0.3 is 0 Å². The van der Waals surface area contributed by atoms with E-state index in [2.05, 4.69) is 54.2 Å². The molecule has 2 aromatic carbocycles. The summed E-state index contributed by atoms with van der Waals surface area (Å²) in [7, 11) is 0. The zero-order chi connectivity index (χ0) is 21.9. The lowest BCUT2D eigenvalue weighted by atomic mass is 9.94. The van der Waals surface area contributed by atoms with E-state index in [9.17, 15) is 5.11 Å². The number of benzene rings is 2. The molecule has 7 heteroatoms. The number of aliphatic hydroxyl groups is 1. The number of nitrogens with one attached hydrogen (secondary N) is 1. The summed E-state index contributed by atoms with van der Waals surface area (Å²) in [5, 5.41) is 14.2. The van der Waals surface area contributed by atoms with Gasteiger partial charge in [-0.3, -0.25) is 4.90 Å². The van der Waals surface area contributed by atoms with Gasteiger partial charge in [-0.05, 0) is 36.1 Å². The molecule has 1 unspecified atom stereocenters. The van der Waals surface area contributed by atoms with Gasteiger partial charge in [-0.1, -0.05) is 36.4 Å². The van der Waals surface area contributed by atoms with E-state index in [1.54, 1.807) is 12.1 Å². The van der Waals surface area contributed by atoms with Gasteiger partial charge in [0.2, 0.25) is 0 Å². The Balaban J connectivity index is 1.25. The normalized spacial score (nSPS) is 20.9. The van der Waals surface area contributed by atoms with Gasteiger partial charge in [0.15, 0.2) is 5.69 Å². The lowest BCUT2D eigenvalue weighted by Gasteiger charge is -2.43. The number of nitrogens with zero attached hydrogens (tertiary/aromatic N) is 5. The number of fused-ring (bicyclic) bond motifs is 1. The quantitative estimate of drug-likeness (QED) is 0.619. The summed E-state index contributed by atoms with van der Waals surface area (Å²) >= 11 is 0. The number of piperidine rings is 1. The van der Waals surface area contributed by atoms with Crippen molar-refractivity contribution in [3.8, 4) is 0 Å². The molecule has 2 aliphatic rings. The van der Waals surface area contributed by atoms with Crippen molar-refractivity contribution < 1.29 is 5.11 Å². The molecule has 0 radical (unpaired) electrons. The van der Waals surface area contributed by atoms with E-state index in [1.807, 2.05) is 18.2 Å². The van der Waals surface area contributed by atoms with E-state index in [-0.39, 0.29) is 6.04 Å². The minimum atomic E-state index is -0.435. The van der Waals surface area contributed by atoms with Crippen molar-refractivity contribution in [3.05, 3.63) is 83.5 Å². The van der Waals surface area contributed by atoms with E-state index in [0.717, 1.165) is 44.0 Å². The van der Waals surface area contributed by atoms with Crippen molar-refractivity contribution in [3.63, 3.8) is 0 Å². The van der Waals surface area contributed by atoms with Gasteiger partial charge in [0, 0.05) is 44.0 Å². The Kier molecular flexibility index (Phi) is 5.71. The van der Waals surface area contributed by atoms with Crippen molar-refractivity contribution in [1.29, 1.82) is 0 Å². The lowest BCUT2D eigenvalue weighted by molar-refractivity contribution is 0.0293. The molecule has 162 valence electrons. The fourth-order valence-corrected chi connectivity index (χ4v) is 4.74. The minimum absolute atomic E-state index is 0.162. The topological polar surface area (TPSA) is 68.9 Å². The molecule has 0 aliphatic carbocycles. The highest BCUT2D eigenvalue weighted by Crippen LogP contribution is 2.28. The Morgan fingerprint density at radius 3 is 2.75 bits per heavy atom. The lowest BCUT2D eigenvalue weighted by Crippen LogP contribution is -2.55. The van der Waals surface area contributed by atoms with Crippen LogP contribution in [0.15, 0.2) is 60.9 Å². The van der Waals surface area contributed by atoms with Crippen molar-refractivity contribution in [1.82, 2.24) is 14.9 Å². The van der Waals surface area contributed by atoms with Crippen LogP contribution in [0.4, 0.5) is 23.0 Å². The van der Waals surface area contributed by atoms with Gasteiger partial charge in [-0.25, -0.2) is 14.8 Å². The Morgan fingerprint density at radius 1 is 1.03 bits per heavy atom. The number of rotatable bonds is 4. The highest BCUT2D eigenvalue weighted by Gasteiger charge is 2.34. The Morgan fingerprint density at radius 2 is 1.91 bits per heavy atom. The Bertz CT molecular complexity index is 1140. The summed E-state index contributed by atoms with van der Waals surface area (Å²) in [5.74, 6) is 1.46. The number of anilines is 3. The van der Waals surface area contributed by atoms with Crippen LogP contribution in [-0.2, 0) is 13.0 Å². The van der Waals surface area contributed by atoms with Gasteiger partial charge in [-0.15, -0.1) is 0 Å². The van der Waals surface area contributed by atoms with E-state index in [0.29, 0.717) is 18.1 Å². The maximum atomic E-state index is 11.0. The first-order valence-corrected chi connectivity index (χ1v) is 11.0. The first-order valence-electron chi connectivity index (χ1n) is 11.0. The monoisotopic (exact) mass is 426 g/mol. The van der Waals surface area contributed by atoms with Crippen LogP contribution in [0.25, 0.3) is 4.85 Å². The Labute approximate surface area is 188 Å². The highest BCUT2D eigenvalue weighted by atomic mass is 16.3. The molecule has 0 bridgehead atoms. The molecule has 0 amide bonds. The molecule has 0 spiro atoms. The standard InChI is InChI=1S/C25H26N6O/c1-26-20-7-4-8-21(13-20)29-24-14-25(28-17-27-24)31-12-10-22(23(32)16-31)30-11-9-18-5-2-3-6-19(18)15-30/h2-8,13-14,17,22-23,32H,9-12,15-16H2,(H,27,28,29)/t22?,23-/m0/s1. The molecule has 7 nitrogen and oxygen atoms in total. The van der Waals surface area contributed by atoms with Crippen molar-refractivity contribution in [2.45, 2.75) is 31.5 Å². The summed E-state index contributed by atoms with van der Waals surface area (Å²) in [5.41, 5.74) is 4.20. The third kappa shape index (κ3) is 4.28. The van der Waals surface area contributed by atoms with Crippen LogP contribution >= 0.6 is 0 Å². The predicted octanol–water partition coefficient (Wildman–Crippen LogP) is 3.77. The van der Waals surface area contributed by atoms with Crippen LogP contribution in [0.1, 0.15) is 17.5 Å². The van der Waals surface area contributed by atoms with Crippen LogP contribution in [-0.4, -0.2) is 51.8 Å². The van der Waals surface area contributed by atoms with E-state index in [1.165, 1.54) is 17.5 Å². The van der Waals surface area contributed by atoms with Gasteiger partial charge in [-0.2, -0.15) is 0 Å². The Hall–Kier alpha value is -3.47. The van der Waals surface area contributed by atoms with Gasteiger partial charge in [0.25, 0.3) is 0 Å². The second-order valence-corrected chi connectivity index (χ2v) is 8.41. The largest absolute Gasteiger partial charge is 0.390 e. The minimum Gasteiger partial charge on any atom is -0.390 e. The molecule has 3 aromatic rings. The second kappa shape index (κ2) is 8.95. The van der Waals surface area contributed by atoms with Crippen LogP contribution in [0.3, 0.4) is 0 Å². The first-order chi connectivity index (χ1) is 15.7. The third-order valence-corrected chi connectivity index (χ3v) is 6.40. The molecule has 2 aliphatic heterocycles. The molecular formula is C25H26N6O. The molecule has 0 saturated carbocycles. The van der Waals surface area contributed by atoms with Crippen LogP contribution in [0.5, 0.6) is 0 Å². The van der Waals surface area contributed by atoms with Crippen molar-refractivity contribution in [2.75, 3.05) is 29.9 Å². The molecule has 32 heavy (non-hydrogen) atoms. The average molecular weight is 427 g/mol. The zero-order valence-corrected chi connectivity index (χ0v) is 17.9. The number of aliphatic hydroxyl groups excluding tert-OH is 1. The van der Waals surface area contributed by atoms with Crippen molar-refractivity contribution >= 4 is 23.0 Å². The number of aromatic nitrogens is 2.